The van der Waals surface area contributed by atoms with E-state index >= 15 is 0 Å². The SMILES string of the molecule is CC#CC(=O)N[C@@H]1CCCN(c2nc(-c3ccc(Oc4ccccc4)cc3)c(C(N)=O)s2)C1. The van der Waals surface area contributed by atoms with Gasteiger partial charge >= 0.3 is 0 Å². The highest BCUT2D eigenvalue weighted by Crippen LogP contribution is 2.35. The minimum atomic E-state index is -0.515. The van der Waals surface area contributed by atoms with Gasteiger partial charge in [-0.2, -0.15) is 0 Å². The van der Waals surface area contributed by atoms with Crippen LogP contribution in [-0.2, 0) is 4.79 Å². The molecule has 168 valence electrons. The average molecular weight is 461 g/mol. The highest BCUT2D eigenvalue weighted by Gasteiger charge is 2.26. The van der Waals surface area contributed by atoms with Gasteiger partial charge in [-0.25, -0.2) is 4.98 Å². The van der Waals surface area contributed by atoms with Crippen molar-refractivity contribution in [3.8, 4) is 34.6 Å². The molecule has 3 aromatic rings. The summed E-state index contributed by atoms with van der Waals surface area (Å²) in [6.07, 6.45) is 1.77. The summed E-state index contributed by atoms with van der Waals surface area (Å²) in [5.74, 6) is 5.76. The summed E-state index contributed by atoms with van der Waals surface area (Å²) >= 11 is 1.28. The first-order chi connectivity index (χ1) is 16.0. The Morgan fingerprint density at radius 1 is 1.15 bits per heavy atom. The van der Waals surface area contributed by atoms with Gasteiger partial charge in [0.15, 0.2) is 5.13 Å². The molecule has 1 aliphatic heterocycles. The molecule has 8 heteroatoms. The van der Waals surface area contributed by atoms with Crippen LogP contribution in [0.1, 0.15) is 29.4 Å². The van der Waals surface area contributed by atoms with E-state index in [1.54, 1.807) is 6.92 Å². The predicted octanol–water partition coefficient (Wildman–Crippen LogP) is 3.81. The molecule has 3 N–H and O–H groups in total. The van der Waals surface area contributed by atoms with E-state index in [0.717, 1.165) is 30.7 Å². The number of hydrogen-bond acceptors (Lipinski definition) is 6. The number of aromatic nitrogens is 1. The molecule has 0 aliphatic carbocycles. The summed E-state index contributed by atoms with van der Waals surface area (Å²) in [6, 6.07) is 16.9. The summed E-state index contributed by atoms with van der Waals surface area (Å²) < 4.78 is 5.85. The number of hydrogen-bond donors (Lipinski definition) is 2. The molecule has 2 heterocycles. The summed E-state index contributed by atoms with van der Waals surface area (Å²) in [5, 5.41) is 3.65. The third-order valence-electron chi connectivity index (χ3n) is 5.21. The summed E-state index contributed by atoms with van der Waals surface area (Å²) in [7, 11) is 0. The quantitative estimate of drug-likeness (QED) is 0.545. The predicted molar refractivity (Wildman–Crippen MR) is 129 cm³/mol. The van der Waals surface area contributed by atoms with E-state index < -0.39 is 5.91 Å². The zero-order valence-electron chi connectivity index (χ0n) is 18.2. The second-order valence-corrected chi connectivity index (χ2v) is 8.59. The Balaban J connectivity index is 1.53. The molecule has 1 saturated heterocycles. The van der Waals surface area contributed by atoms with E-state index in [-0.39, 0.29) is 11.9 Å². The van der Waals surface area contributed by atoms with Crippen LogP contribution in [0.2, 0.25) is 0 Å². The number of benzene rings is 2. The molecule has 2 aromatic carbocycles. The van der Waals surface area contributed by atoms with Crippen LogP contribution in [0.4, 0.5) is 5.13 Å². The van der Waals surface area contributed by atoms with Gasteiger partial charge in [0.2, 0.25) is 0 Å². The largest absolute Gasteiger partial charge is 0.457 e. The molecule has 1 aliphatic rings. The molecular formula is C25H24N4O3S. The fraction of sp³-hybridized carbons (Fsp3) is 0.240. The van der Waals surface area contributed by atoms with Crippen molar-refractivity contribution in [2.75, 3.05) is 18.0 Å². The van der Waals surface area contributed by atoms with E-state index in [2.05, 4.69) is 22.1 Å². The number of nitrogens with one attached hydrogen (secondary N) is 1. The Morgan fingerprint density at radius 2 is 1.88 bits per heavy atom. The Bertz CT molecular complexity index is 1200. The van der Waals surface area contributed by atoms with E-state index in [0.29, 0.717) is 28.0 Å². The number of carbonyl (C=O) groups is 2. The Hall–Kier alpha value is -3.83. The summed E-state index contributed by atoms with van der Waals surface area (Å²) in [6.45, 7) is 3.03. The number of anilines is 1. The third kappa shape index (κ3) is 5.51. The number of primary amides is 1. The van der Waals surface area contributed by atoms with Crippen LogP contribution in [0.15, 0.2) is 54.6 Å². The van der Waals surface area contributed by atoms with Crippen molar-refractivity contribution in [3.63, 3.8) is 0 Å². The molecule has 0 spiro atoms. The molecule has 0 radical (unpaired) electrons. The van der Waals surface area contributed by atoms with Gasteiger partial charge in [-0.05, 0) is 62.1 Å². The number of nitrogens with zero attached hydrogens (tertiary/aromatic N) is 2. The molecular weight excluding hydrogens is 436 g/mol. The number of amides is 2. The monoisotopic (exact) mass is 460 g/mol. The normalized spacial score (nSPS) is 15.3. The van der Waals surface area contributed by atoms with Gasteiger partial charge in [-0.3, -0.25) is 9.59 Å². The zero-order valence-corrected chi connectivity index (χ0v) is 19.0. The standard InChI is InChI=1S/C25H24N4O3S/c1-2-7-21(30)27-18-8-6-15-29(16-18)25-28-22(23(33-25)24(26)31)17-11-13-20(14-12-17)32-19-9-4-3-5-10-19/h3-5,9-14,18H,6,8,15-16H2,1H3,(H2,26,31)(H,27,30)/t18-/m1/s1. The van der Waals surface area contributed by atoms with Crippen molar-refractivity contribution in [2.45, 2.75) is 25.8 Å². The van der Waals surface area contributed by atoms with Crippen molar-refractivity contribution in [1.82, 2.24) is 10.3 Å². The second-order valence-electron chi connectivity index (χ2n) is 7.61. The van der Waals surface area contributed by atoms with Crippen molar-refractivity contribution in [3.05, 3.63) is 59.5 Å². The van der Waals surface area contributed by atoms with Gasteiger partial charge in [-0.15, -0.1) is 0 Å². The first-order valence-electron chi connectivity index (χ1n) is 10.7. The van der Waals surface area contributed by atoms with Gasteiger partial charge in [0.05, 0.1) is 5.69 Å². The van der Waals surface area contributed by atoms with Crippen molar-refractivity contribution in [1.29, 1.82) is 0 Å². The smallest absolute Gasteiger partial charge is 0.296 e. The lowest BCUT2D eigenvalue weighted by molar-refractivity contribution is -0.116. The Labute approximate surface area is 196 Å². The lowest BCUT2D eigenvalue weighted by Gasteiger charge is -2.32. The fourth-order valence-electron chi connectivity index (χ4n) is 3.72. The van der Waals surface area contributed by atoms with Gasteiger partial charge in [0.1, 0.15) is 16.4 Å². The maximum atomic E-state index is 12.2. The van der Waals surface area contributed by atoms with Crippen molar-refractivity contribution in [2.24, 2.45) is 5.73 Å². The lowest BCUT2D eigenvalue weighted by atomic mass is 10.1. The molecule has 1 aromatic heterocycles. The maximum Gasteiger partial charge on any atom is 0.296 e. The van der Waals surface area contributed by atoms with Crippen LogP contribution < -0.4 is 20.7 Å². The number of nitrogens with two attached hydrogens (primary N) is 1. The summed E-state index contributed by atoms with van der Waals surface area (Å²) in [5.41, 5.74) is 7.01. The molecule has 7 nitrogen and oxygen atoms in total. The fourth-order valence-corrected chi connectivity index (χ4v) is 4.69. The second kappa shape index (κ2) is 10.2. The molecule has 1 fully saturated rings. The molecule has 1 atom stereocenters. The molecule has 4 rings (SSSR count). The lowest BCUT2D eigenvalue weighted by Crippen LogP contribution is -2.47. The molecule has 0 bridgehead atoms. The average Bonchev–Trinajstić information content (AvgIpc) is 3.27. The van der Waals surface area contributed by atoms with Gasteiger partial charge in [0, 0.05) is 24.7 Å². The highest BCUT2D eigenvalue weighted by molar-refractivity contribution is 7.18. The minimum Gasteiger partial charge on any atom is -0.457 e. The van der Waals surface area contributed by atoms with E-state index in [1.165, 1.54) is 11.3 Å². The first-order valence-corrected chi connectivity index (χ1v) is 11.5. The molecule has 0 unspecified atom stereocenters. The van der Waals surface area contributed by atoms with E-state index in [9.17, 15) is 9.59 Å². The zero-order chi connectivity index (χ0) is 23.2. The number of carbonyl (C=O) groups excluding carboxylic acids is 2. The number of piperidine rings is 1. The number of thiazole rings is 1. The van der Waals surface area contributed by atoms with Crippen LogP contribution >= 0.6 is 11.3 Å². The molecule has 33 heavy (non-hydrogen) atoms. The molecule has 0 saturated carbocycles. The van der Waals surface area contributed by atoms with Crippen molar-refractivity contribution >= 4 is 28.3 Å². The minimum absolute atomic E-state index is 0.0223. The van der Waals surface area contributed by atoms with Crippen LogP contribution in [0.3, 0.4) is 0 Å². The van der Waals surface area contributed by atoms with Crippen LogP contribution in [0.5, 0.6) is 11.5 Å². The first kappa shape index (κ1) is 22.4. The van der Waals surface area contributed by atoms with Crippen LogP contribution in [0, 0.1) is 11.8 Å². The third-order valence-corrected chi connectivity index (χ3v) is 6.34. The van der Waals surface area contributed by atoms with Crippen LogP contribution in [0.25, 0.3) is 11.3 Å². The topological polar surface area (TPSA) is 97.6 Å². The number of ether oxygens (including phenoxy) is 1. The van der Waals surface area contributed by atoms with E-state index in [4.69, 9.17) is 15.5 Å². The summed E-state index contributed by atoms with van der Waals surface area (Å²) in [4.78, 5) is 31.2. The van der Waals surface area contributed by atoms with E-state index in [1.807, 2.05) is 54.6 Å². The van der Waals surface area contributed by atoms with Gasteiger partial charge in [-0.1, -0.05) is 35.5 Å². The maximum absolute atomic E-state index is 12.2. The number of rotatable bonds is 6. The Kier molecular flexibility index (Phi) is 6.91. The van der Waals surface area contributed by atoms with Crippen LogP contribution in [-0.4, -0.2) is 35.9 Å². The van der Waals surface area contributed by atoms with Gasteiger partial charge < -0.3 is 20.7 Å². The number of para-hydroxylation sites is 1. The Morgan fingerprint density at radius 3 is 2.58 bits per heavy atom. The van der Waals surface area contributed by atoms with Crippen molar-refractivity contribution < 1.29 is 14.3 Å². The highest BCUT2D eigenvalue weighted by atomic mass is 32.1. The molecule has 2 amide bonds. The van der Waals surface area contributed by atoms with Gasteiger partial charge in [0.25, 0.3) is 11.8 Å².